The van der Waals surface area contributed by atoms with Crippen LogP contribution in [0, 0.1) is 0 Å². The highest BCUT2D eigenvalue weighted by molar-refractivity contribution is 7.99. The van der Waals surface area contributed by atoms with Crippen molar-refractivity contribution in [3.8, 4) is 11.4 Å². The zero-order valence-electron chi connectivity index (χ0n) is 15.6. The molecule has 0 unspecified atom stereocenters. The summed E-state index contributed by atoms with van der Waals surface area (Å²) in [5.74, 6) is 1.08. The van der Waals surface area contributed by atoms with Crippen LogP contribution in [0.1, 0.15) is 18.5 Å². The molecule has 3 aromatic rings. The van der Waals surface area contributed by atoms with Crippen LogP contribution in [0.25, 0.3) is 5.69 Å². The normalized spacial score (nSPS) is 11.8. The van der Waals surface area contributed by atoms with Gasteiger partial charge in [0.1, 0.15) is 12.1 Å². The number of carbonyl (C=O) groups is 1. The summed E-state index contributed by atoms with van der Waals surface area (Å²) in [5, 5.41) is 8.80. The fraction of sp³-hybridized carbons (Fsp3) is 0.250. The summed E-state index contributed by atoms with van der Waals surface area (Å²) >= 11 is 1.37. The number of amides is 1. The van der Waals surface area contributed by atoms with Gasteiger partial charge in [-0.15, -0.1) is 10.2 Å². The van der Waals surface area contributed by atoms with Gasteiger partial charge in [0.25, 0.3) is 0 Å². The standard InChI is InChI=1S/C20H22N4O2S/c1-15(16-8-5-4-6-9-16)23(2)19(25)13-27-20-22-21-14-24(20)17-10-7-11-18(12-17)26-3/h4-12,14-15H,13H2,1-3H3/t15-/m0/s1. The second-order valence-electron chi connectivity index (χ2n) is 6.06. The summed E-state index contributed by atoms with van der Waals surface area (Å²) in [6.45, 7) is 2.02. The Hall–Kier alpha value is -2.80. The second-order valence-corrected chi connectivity index (χ2v) is 7.01. The summed E-state index contributed by atoms with van der Waals surface area (Å²) in [4.78, 5) is 14.4. The van der Waals surface area contributed by atoms with Gasteiger partial charge in [-0.25, -0.2) is 0 Å². The number of methoxy groups -OCH3 is 1. The van der Waals surface area contributed by atoms with Crippen LogP contribution in [0.5, 0.6) is 5.75 Å². The Morgan fingerprint density at radius 1 is 1.22 bits per heavy atom. The molecule has 0 spiro atoms. The smallest absolute Gasteiger partial charge is 0.233 e. The third kappa shape index (κ3) is 4.49. The molecule has 0 fully saturated rings. The van der Waals surface area contributed by atoms with Gasteiger partial charge in [0.15, 0.2) is 5.16 Å². The lowest BCUT2D eigenvalue weighted by atomic mass is 10.1. The van der Waals surface area contributed by atoms with E-state index in [0.29, 0.717) is 5.16 Å². The van der Waals surface area contributed by atoms with Gasteiger partial charge in [0, 0.05) is 13.1 Å². The van der Waals surface area contributed by atoms with Crippen LogP contribution in [0.3, 0.4) is 0 Å². The van der Waals surface area contributed by atoms with Crippen molar-refractivity contribution in [2.24, 2.45) is 0 Å². The van der Waals surface area contributed by atoms with Crippen molar-refractivity contribution in [1.82, 2.24) is 19.7 Å². The van der Waals surface area contributed by atoms with Gasteiger partial charge in [-0.3, -0.25) is 9.36 Å². The first-order chi connectivity index (χ1) is 13.1. The molecule has 0 saturated carbocycles. The van der Waals surface area contributed by atoms with Crippen molar-refractivity contribution in [1.29, 1.82) is 0 Å². The number of nitrogens with zero attached hydrogens (tertiary/aromatic N) is 4. The molecule has 140 valence electrons. The second kappa shape index (κ2) is 8.73. The highest BCUT2D eigenvalue weighted by Crippen LogP contribution is 2.24. The molecule has 0 aliphatic carbocycles. The lowest BCUT2D eigenvalue weighted by Gasteiger charge is -2.25. The summed E-state index contributed by atoms with van der Waals surface area (Å²) in [7, 11) is 3.46. The summed E-state index contributed by atoms with van der Waals surface area (Å²) < 4.78 is 7.12. The Bertz CT molecular complexity index is 898. The lowest BCUT2D eigenvalue weighted by molar-refractivity contribution is -0.128. The molecule has 1 amide bonds. The van der Waals surface area contributed by atoms with E-state index in [4.69, 9.17) is 4.74 Å². The number of hydrogen-bond donors (Lipinski definition) is 0. The Balaban J connectivity index is 1.67. The average Bonchev–Trinajstić information content (AvgIpc) is 3.20. The zero-order valence-corrected chi connectivity index (χ0v) is 16.4. The number of hydrogen-bond acceptors (Lipinski definition) is 5. The summed E-state index contributed by atoms with van der Waals surface area (Å²) in [5.41, 5.74) is 2.00. The van der Waals surface area contributed by atoms with E-state index in [2.05, 4.69) is 10.2 Å². The SMILES string of the molecule is COc1cccc(-n2cnnc2SCC(=O)N(C)[C@@H](C)c2ccccc2)c1. The molecule has 1 aromatic heterocycles. The van der Waals surface area contributed by atoms with Crippen molar-refractivity contribution >= 4 is 17.7 Å². The molecule has 2 aromatic carbocycles. The maximum Gasteiger partial charge on any atom is 0.233 e. The van der Waals surface area contributed by atoms with E-state index >= 15 is 0 Å². The molecule has 0 radical (unpaired) electrons. The first-order valence-electron chi connectivity index (χ1n) is 8.58. The molecule has 6 nitrogen and oxygen atoms in total. The molecule has 0 N–H and O–H groups in total. The fourth-order valence-corrected chi connectivity index (χ4v) is 3.51. The van der Waals surface area contributed by atoms with Gasteiger partial charge in [0.2, 0.25) is 5.91 Å². The van der Waals surface area contributed by atoms with Crippen LogP contribution in [0.15, 0.2) is 66.1 Å². The van der Waals surface area contributed by atoms with Crippen LogP contribution in [-0.2, 0) is 4.79 Å². The third-order valence-corrected chi connectivity index (χ3v) is 5.36. The topological polar surface area (TPSA) is 60.2 Å². The Labute approximate surface area is 163 Å². The Kier molecular flexibility index (Phi) is 6.13. The first kappa shape index (κ1) is 19.0. The summed E-state index contributed by atoms with van der Waals surface area (Å²) in [6.07, 6.45) is 1.64. The molecule has 0 saturated heterocycles. The number of ether oxygens (including phenoxy) is 1. The Morgan fingerprint density at radius 2 is 2.00 bits per heavy atom. The molecule has 1 heterocycles. The van der Waals surface area contributed by atoms with E-state index in [1.807, 2.05) is 73.1 Å². The van der Waals surface area contributed by atoms with Crippen molar-refractivity contribution in [3.63, 3.8) is 0 Å². The number of aromatic nitrogens is 3. The van der Waals surface area contributed by atoms with Crippen molar-refractivity contribution < 1.29 is 9.53 Å². The first-order valence-corrected chi connectivity index (χ1v) is 9.56. The van der Waals surface area contributed by atoms with Gasteiger partial charge in [-0.1, -0.05) is 48.2 Å². The predicted octanol–water partition coefficient (Wildman–Crippen LogP) is 3.59. The largest absolute Gasteiger partial charge is 0.497 e. The minimum Gasteiger partial charge on any atom is -0.497 e. The monoisotopic (exact) mass is 382 g/mol. The van der Waals surface area contributed by atoms with E-state index in [9.17, 15) is 4.79 Å². The van der Waals surface area contributed by atoms with E-state index in [1.54, 1.807) is 18.3 Å². The fourth-order valence-electron chi connectivity index (χ4n) is 2.66. The molecule has 3 rings (SSSR count). The molecule has 1 atom stereocenters. The van der Waals surface area contributed by atoms with Crippen LogP contribution >= 0.6 is 11.8 Å². The molecule has 27 heavy (non-hydrogen) atoms. The van der Waals surface area contributed by atoms with Gasteiger partial charge >= 0.3 is 0 Å². The predicted molar refractivity (Wildman–Crippen MR) is 106 cm³/mol. The molecule has 0 aliphatic rings. The molecular weight excluding hydrogens is 360 g/mol. The highest BCUT2D eigenvalue weighted by Gasteiger charge is 2.18. The minimum absolute atomic E-state index is 0.00977. The van der Waals surface area contributed by atoms with Crippen LogP contribution in [-0.4, -0.2) is 45.5 Å². The van der Waals surface area contributed by atoms with E-state index < -0.39 is 0 Å². The van der Waals surface area contributed by atoms with E-state index in [1.165, 1.54) is 11.8 Å². The van der Waals surface area contributed by atoms with E-state index in [0.717, 1.165) is 17.0 Å². The number of thioether (sulfide) groups is 1. The van der Waals surface area contributed by atoms with Crippen LogP contribution in [0.2, 0.25) is 0 Å². The minimum atomic E-state index is 0.00977. The number of benzene rings is 2. The van der Waals surface area contributed by atoms with Gasteiger partial charge in [-0.05, 0) is 24.6 Å². The average molecular weight is 382 g/mol. The van der Waals surface area contributed by atoms with Gasteiger partial charge < -0.3 is 9.64 Å². The highest BCUT2D eigenvalue weighted by atomic mass is 32.2. The van der Waals surface area contributed by atoms with Crippen LogP contribution in [0.4, 0.5) is 0 Å². The molecule has 0 bridgehead atoms. The van der Waals surface area contributed by atoms with Gasteiger partial charge in [-0.2, -0.15) is 0 Å². The van der Waals surface area contributed by atoms with Crippen molar-refractivity contribution in [2.75, 3.05) is 19.9 Å². The maximum absolute atomic E-state index is 12.6. The molecule has 0 aliphatic heterocycles. The lowest BCUT2D eigenvalue weighted by Crippen LogP contribution is -2.31. The molecule has 7 heteroatoms. The summed E-state index contributed by atoms with van der Waals surface area (Å²) in [6, 6.07) is 17.6. The Morgan fingerprint density at radius 3 is 2.74 bits per heavy atom. The number of rotatable bonds is 7. The van der Waals surface area contributed by atoms with Crippen molar-refractivity contribution in [2.45, 2.75) is 18.1 Å². The van der Waals surface area contributed by atoms with Gasteiger partial charge in [0.05, 0.1) is 24.6 Å². The van der Waals surface area contributed by atoms with Crippen molar-refractivity contribution in [3.05, 3.63) is 66.5 Å². The number of carbonyl (C=O) groups excluding carboxylic acids is 1. The zero-order chi connectivity index (χ0) is 19.2. The maximum atomic E-state index is 12.6. The molecular formula is C20H22N4O2S. The third-order valence-electron chi connectivity index (χ3n) is 4.43. The van der Waals surface area contributed by atoms with Crippen LogP contribution < -0.4 is 4.74 Å². The quantitative estimate of drug-likeness (QED) is 0.585. The van der Waals surface area contributed by atoms with E-state index in [-0.39, 0.29) is 17.7 Å².